The van der Waals surface area contributed by atoms with E-state index < -0.39 is 0 Å². The molecular formula is C3H6ClNaO. The van der Waals surface area contributed by atoms with Gasteiger partial charge in [-0.15, -0.1) is 0 Å². The molecule has 0 saturated carbocycles. The molecule has 0 heterocycles. The van der Waals surface area contributed by atoms with Crippen LogP contribution in [0.25, 0.3) is 0 Å². The number of aliphatic hydroxyl groups excluding tert-OH is 1. The Labute approximate surface area is 60.1 Å². The molecule has 0 aliphatic rings. The summed E-state index contributed by atoms with van der Waals surface area (Å²) in [6.45, 7) is 0.234. The van der Waals surface area contributed by atoms with Gasteiger partial charge in [0.05, 0.1) is 0 Å². The second-order valence-corrected chi connectivity index (χ2v) is 4.16. The van der Waals surface area contributed by atoms with E-state index in [1.807, 2.05) is 0 Å². The van der Waals surface area contributed by atoms with Gasteiger partial charge in [0, 0.05) is 0 Å². The zero-order chi connectivity index (χ0) is 4.99. The molecule has 32 valence electrons. The summed E-state index contributed by atoms with van der Waals surface area (Å²) in [5, 5.41) is 8.17. The van der Waals surface area contributed by atoms with Crippen molar-refractivity contribution < 1.29 is 5.11 Å². The van der Waals surface area contributed by atoms with Crippen LogP contribution < -0.4 is 0 Å². The predicted octanol–water partition coefficient (Wildman–Crippen LogP) is 0.102. The summed E-state index contributed by atoms with van der Waals surface area (Å²) in [5.41, 5.74) is 0. The summed E-state index contributed by atoms with van der Waals surface area (Å²) >= 11 is 6.46. The van der Waals surface area contributed by atoms with Crippen molar-refractivity contribution in [3.8, 4) is 0 Å². The average Bonchev–Trinajstić information content (AvgIpc) is 1.35. The second kappa shape index (κ2) is 4.41. The third-order valence-electron chi connectivity index (χ3n) is 0.527. The van der Waals surface area contributed by atoms with E-state index in [1.165, 1.54) is 0 Å². The van der Waals surface area contributed by atoms with E-state index in [0.29, 0.717) is 0 Å². The number of aliphatic hydroxyl groups is 1. The van der Waals surface area contributed by atoms with Gasteiger partial charge in [-0.2, -0.15) is 0 Å². The Morgan fingerprint density at radius 3 is 2.33 bits per heavy atom. The van der Waals surface area contributed by atoms with E-state index in [0.717, 1.165) is 34.4 Å². The molecule has 6 heavy (non-hydrogen) atoms. The Bertz CT molecular complexity index is 32.0. The maximum atomic E-state index is 8.17. The Morgan fingerprint density at radius 2 is 2.33 bits per heavy atom. The van der Waals surface area contributed by atoms with Crippen LogP contribution in [0.4, 0.5) is 0 Å². The number of hydrogen-bond donors (Lipinski definition) is 1. The van der Waals surface area contributed by atoms with E-state index in [1.54, 1.807) is 0 Å². The van der Waals surface area contributed by atoms with Gasteiger partial charge >= 0.3 is 60.3 Å². The van der Waals surface area contributed by atoms with Crippen molar-refractivity contribution in [2.75, 3.05) is 6.61 Å². The fraction of sp³-hybridized carbons (Fsp3) is 1.00. The van der Waals surface area contributed by atoms with Gasteiger partial charge in [0.15, 0.2) is 0 Å². The van der Waals surface area contributed by atoms with Crippen molar-refractivity contribution in [2.45, 2.75) is 9.05 Å². The van der Waals surface area contributed by atoms with E-state index in [-0.39, 0.29) is 9.23 Å². The summed E-state index contributed by atoms with van der Waals surface area (Å²) in [6, 6.07) is 0. The monoisotopic (exact) mass is 116 g/mol. The fourth-order valence-corrected chi connectivity index (χ4v) is 0.534. The zero-order valence-corrected chi connectivity index (χ0v) is 6.57. The van der Waals surface area contributed by atoms with Gasteiger partial charge in [-0.1, -0.05) is 0 Å². The molecule has 0 rings (SSSR count). The Balaban J connectivity index is 2.63. The molecule has 0 aromatic rings. The number of hydrogen-bond acceptors (Lipinski definition) is 1. The summed E-state index contributed by atoms with van der Waals surface area (Å²) in [7, 11) is 0. The van der Waals surface area contributed by atoms with Gasteiger partial charge in [-0.05, 0) is 0 Å². The zero-order valence-electron chi connectivity index (χ0n) is 3.82. The molecule has 0 aliphatic carbocycles. The first-order chi connectivity index (χ1) is 2.77. The van der Waals surface area contributed by atoms with Crippen LogP contribution in [0.5, 0.6) is 0 Å². The first kappa shape index (κ1) is 7.25. The van der Waals surface area contributed by atoms with Crippen molar-refractivity contribution in [3.63, 3.8) is 0 Å². The van der Waals surface area contributed by atoms with Crippen molar-refractivity contribution in [2.24, 2.45) is 0 Å². The second-order valence-electron chi connectivity index (χ2n) is 1.29. The summed E-state index contributed by atoms with van der Waals surface area (Å²) in [4.78, 5) is 0. The molecule has 1 atom stereocenters. The van der Waals surface area contributed by atoms with Crippen molar-refractivity contribution in [1.29, 1.82) is 0 Å². The van der Waals surface area contributed by atoms with Crippen molar-refractivity contribution in [1.82, 2.24) is 0 Å². The Hall–Kier alpha value is 1.25. The Kier molecular flexibility index (Phi) is 5.33. The van der Waals surface area contributed by atoms with E-state index in [4.69, 9.17) is 16.7 Å². The van der Waals surface area contributed by atoms with Crippen molar-refractivity contribution in [3.05, 3.63) is 0 Å². The van der Waals surface area contributed by atoms with Gasteiger partial charge in [0.25, 0.3) is 0 Å². The van der Waals surface area contributed by atoms with Crippen LogP contribution in [0.1, 0.15) is 6.42 Å². The normalized spacial score (nSPS) is 14.7. The van der Waals surface area contributed by atoms with Crippen LogP contribution in [-0.2, 0) is 0 Å². The molecule has 0 fully saturated rings. The van der Waals surface area contributed by atoms with E-state index in [2.05, 4.69) is 0 Å². The third kappa shape index (κ3) is 5.25. The minimum atomic E-state index is 0.234. The van der Waals surface area contributed by atoms with Gasteiger partial charge in [0.2, 0.25) is 0 Å². The van der Waals surface area contributed by atoms with Crippen LogP contribution in [0.15, 0.2) is 0 Å². The van der Waals surface area contributed by atoms with Gasteiger partial charge in [0.1, 0.15) is 0 Å². The van der Waals surface area contributed by atoms with Gasteiger partial charge < -0.3 is 0 Å². The predicted molar refractivity (Wildman–Crippen MR) is 27.1 cm³/mol. The van der Waals surface area contributed by atoms with Crippen LogP contribution >= 0.6 is 11.6 Å². The molecule has 1 unspecified atom stereocenters. The molecule has 0 aromatic heterocycles. The standard InChI is InChI=1S/C3H6ClO.Na/c4-2-1-3-5;/h2,5H,1,3H2;. The molecule has 0 saturated heterocycles. The third-order valence-corrected chi connectivity index (χ3v) is 1.32. The average molecular weight is 117 g/mol. The Morgan fingerprint density at radius 1 is 1.83 bits per heavy atom. The quantitative estimate of drug-likeness (QED) is 0.401. The van der Waals surface area contributed by atoms with Gasteiger partial charge in [-0.25, -0.2) is 0 Å². The SMILES string of the molecule is OCC[CH]([Na])Cl. The molecule has 0 aromatic carbocycles. The van der Waals surface area contributed by atoms with Crippen molar-refractivity contribution >= 4 is 39.5 Å². The summed E-state index contributed by atoms with van der Waals surface area (Å²) in [6.07, 6.45) is 0.758. The molecular weight excluding hydrogens is 110 g/mol. The van der Waals surface area contributed by atoms with E-state index >= 15 is 0 Å². The molecule has 0 aliphatic heterocycles. The number of rotatable bonds is 2. The number of alkyl halides is 1. The maximum absolute atomic E-state index is 8.17. The minimum absolute atomic E-state index is 0.234. The van der Waals surface area contributed by atoms with Crippen LogP contribution in [0.2, 0.25) is 0 Å². The molecule has 0 radical (unpaired) electrons. The van der Waals surface area contributed by atoms with Crippen LogP contribution in [0.3, 0.4) is 0 Å². The molecule has 0 spiro atoms. The van der Waals surface area contributed by atoms with E-state index in [9.17, 15) is 0 Å². The first-order valence-corrected chi connectivity index (χ1v) is 3.61. The topological polar surface area (TPSA) is 20.2 Å². The molecule has 3 heteroatoms. The molecule has 1 nitrogen and oxygen atoms in total. The number of halogens is 1. The van der Waals surface area contributed by atoms with Crippen LogP contribution in [-0.4, -0.2) is 42.3 Å². The summed E-state index contributed by atoms with van der Waals surface area (Å²) in [5.74, 6) is 0. The summed E-state index contributed by atoms with van der Waals surface area (Å²) < 4.78 is 0.259. The molecule has 0 bridgehead atoms. The molecule has 1 N–H and O–H groups in total. The fourth-order valence-electron chi connectivity index (χ4n) is 0.178. The van der Waals surface area contributed by atoms with Crippen LogP contribution in [0, 0.1) is 0 Å². The molecule has 0 amide bonds. The van der Waals surface area contributed by atoms with Gasteiger partial charge in [-0.3, -0.25) is 0 Å². The first-order valence-electron chi connectivity index (χ1n) is 2.02.